The number of hydrogen-bond acceptors (Lipinski definition) is 5. The Balaban J connectivity index is 1.37. The summed E-state index contributed by atoms with van der Waals surface area (Å²) in [7, 11) is 0. The van der Waals surface area contributed by atoms with Gasteiger partial charge in [0.15, 0.2) is 17.6 Å². The van der Waals surface area contributed by atoms with Crippen LogP contribution in [0.5, 0.6) is 11.5 Å². The molecule has 1 aliphatic rings. The summed E-state index contributed by atoms with van der Waals surface area (Å²) in [6.45, 7) is -0.0572. The number of hydrogen-bond donors (Lipinski definition) is 1. The standard InChI is InChI=1S/C20H18F3N3O4/c21-20(22,23)29-8-7-24-19(27)13-5-6-16-14(9-13)10-26(25-16)11-15-12-28-17-3-1-2-4-18(17)30-15/h1-6,9-10,15H,7-8,11-12H2,(H,24,27). The van der Waals surface area contributed by atoms with Gasteiger partial charge in [0.25, 0.3) is 5.91 Å². The lowest BCUT2D eigenvalue weighted by Crippen LogP contribution is -2.33. The molecular formula is C20H18F3N3O4. The number of rotatable bonds is 6. The zero-order valence-electron chi connectivity index (χ0n) is 15.7. The van der Waals surface area contributed by atoms with E-state index in [9.17, 15) is 18.0 Å². The van der Waals surface area contributed by atoms with Crippen molar-refractivity contribution in [3.8, 4) is 11.5 Å². The highest BCUT2D eigenvalue weighted by atomic mass is 19.4. The number of fused-ring (bicyclic) bond motifs is 2. The molecule has 1 atom stereocenters. The number of benzene rings is 2. The Labute approximate surface area is 169 Å². The second-order valence-electron chi connectivity index (χ2n) is 6.67. The van der Waals surface area contributed by atoms with Gasteiger partial charge < -0.3 is 14.8 Å². The molecule has 7 nitrogen and oxygen atoms in total. The van der Waals surface area contributed by atoms with Gasteiger partial charge in [0.1, 0.15) is 6.61 Å². The van der Waals surface area contributed by atoms with Crippen LogP contribution in [0.15, 0.2) is 48.7 Å². The van der Waals surface area contributed by atoms with Crippen LogP contribution >= 0.6 is 0 Å². The van der Waals surface area contributed by atoms with E-state index in [1.807, 2.05) is 24.3 Å². The van der Waals surface area contributed by atoms with E-state index in [1.54, 1.807) is 29.1 Å². The van der Waals surface area contributed by atoms with Gasteiger partial charge in [-0.15, -0.1) is 13.2 Å². The van der Waals surface area contributed by atoms with Crippen LogP contribution < -0.4 is 14.8 Å². The third kappa shape index (κ3) is 4.82. The van der Waals surface area contributed by atoms with Gasteiger partial charge >= 0.3 is 6.36 Å². The van der Waals surface area contributed by atoms with E-state index in [2.05, 4.69) is 15.2 Å². The van der Waals surface area contributed by atoms with Gasteiger partial charge in [-0.05, 0) is 30.3 Å². The van der Waals surface area contributed by atoms with E-state index in [-0.39, 0.29) is 12.6 Å². The number of para-hydroxylation sites is 2. The highest BCUT2D eigenvalue weighted by molar-refractivity contribution is 5.97. The minimum absolute atomic E-state index is 0.217. The average molecular weight is 421 g/mol. The molecule has 4 rings (SSSR count). The van der Waals surface area contributed by atoms with Crippen LogP contribution in [-0.2, 0) is 11.3 Å². The molecule has 1 amide bonds. The molecule has 0 saturated carbocycles. The molecule has 1 aliphatic heterocycles. The molecule has 10 heteroatoms. The van der Waals surface area contributed by atoms with Crippen LogP contribution in [0.25, 0.3) is 10.9 Å². The van der Waals surface area contributed by atoms with Crippen LogP contribution in [0.1, 0.15) is 10.4 Å². The molecule has 1 aromatic heterocycles. The van der Waals surface area contributed by atoms with Crippen LogP contribution in [0.4, 0.5) is 13.2 Å². The second kappa shape index (κ2) is 8.23. The Morgan fingerprint density at radius 1 is 1.23 bits per heavy atom. The molecule has 3 aromatic rings. The fraction of sp³-hybridized carbons (Fsp3) is 0.300. The maximum Gasteiger partial charge on any atom is 0.522 e. The molecule has 158 valence electrons. The van der Waals surface area contributed by atoms with E-state index < -0.39 is 18.9 Å². The first-order chi connectivity index (χ1) is 14.4. The first kappa shape index (κ1) is 20.0. The highest BCUT2D eigenvalue weighted by Gasteiger charge is 2.28. The minimum Gasteiger partial charge on any atom is -0.486 e. The van der Waals surface area contributed by atoms with Crippen molar-refractivity contribution < 1.29 is 32.2 Å². The largest absolute Gasteiger partial charge is 0.522 e. The molecule has 0 bridgehead atoms. The van der Waals surface area contributed by atoms with Crippen molar-refractivity contribution in [2.45, 2.75) is 19.0 Å². The van der Waals surface area contributed by atoms with Crippen molar-refractivity contribution in [3.05, 3.63) is 54.2 Å². The Morgan fingerprint density at radius 3 is 2.83 bits per heavy atom. The molecule has 30 heavy (non-hydrogen) atoms. The zero-order valence-corrected chi connectivity index (χ0v) is 15.7. The zero-order chi connectivity index (χ0) is 21.1. The van der Waals surface area contributed by atoms with Crippen molar-refractivity contribution in [3.63, 3.8) is 0 Å². The molecule has 0 aliphatic carbocycles. The predicted molar refractivity (Wildman–Crippen MR) is 100 cm³/mol. The lowest BCUT2D eigenvalue weighted by Gasteiger charge is -2.26. The SMILES string of the molecule is O=C(NCCOC(F)(F)F)c1ccc2nn(CC3COc4ccccc4O3)cc2c1. The smallest absolute Gasteiger partial charge is 0.486 e. The summed E-state index contributed by atoms with van der Waals surface area (Å²) in [6.07, 6.45) is -3.15. The highest BCUT2D eigenvalue weighted by Crippen LogP contribution is 2.31. The number of nitrogens with one attached hydrogen (secondary N) is 1. The van der Waals surface area contributed by atoms with Crippen molar-refractivity contribution >= 4 is 16.8 Å². The Morgan fingerprint density at radius 2 is 2.03 bits per heavy atom. The van der Waals surface area contributed by atoms with Crippen molar-refractivity contribution in [2.24, 2.45) is 0 Å². The van der Waals surface area contributed by atoms with E-state index in [4.69, 9.17) is 9.47 Å². The molecular weight excluding hydrogens is 403 g/mol. The van der Waals surface area contributed by atoms with Crippen LogP contribution in [0.3, 0.4) is 0 Å². The molecule has 0 fully saturated rings. The summed E-state index contributed by atoms with van der Waals surface area (Å²) in [6, 6.07) is 12.3. The number of nitrogens with zero attached hydrogens (tertiary/aromatic N) is 2. The average Bonchev–Trinajstić information content (AvgIpc) is 3.11. The van der Waals surface area contributed by atoms with Crippen molar-refractivity contribution in [1.29, 1.82) is 0 Å². The van der Waals surface area contributed by atoms with Gasteiger partial charge in [0, 0.05) is 23.7 Å². The number of alkyl halides is 3. The van der Waals surface area contributed by atoms with E-state index in [1.165, 1.54) is 0 Å². The lowest BCUT2D eigenvalue weighted by atomic mass is 10.1. The molecule has 1 unspecified atom stereocenters. The topological polar surface area (TPSA) is 74.6 Å². The summed E-state index contributed by atoms with van der Waals surface area (Å²) in [4.78, 5) is 12.1. The van der Waals surface area contributed by atoms with Crippen molar-refractivity contribution in [1.82, 2.24) is 15.1 Å². The fourth-order valence-electron chi connectivity index (χ4n) is 3.11. The van der Waals surface area contributed by atoms with Gasteiger partial charge in [-0.3, -0.25) is 14.2 Å². The van der Waals surface area contributed by atoms with Gasteiger partial charge in [-0.1, -0.05) is 12.1 Å². The first-order valence-corrected chi connectivity index (χ1v) is 9.22. The molecule has 2 aromatic carbocycles. The van der Waals surface area contributed by atoms with E-state index >= 15 is 0 Å². The minimum atomic E-state index is -4.71. The predicted octanol–water partition coefficient (Wildman–Crippen LogP) is 3.14. The number of amides is 1. The first-order valence-electron chi connectivity index (χ1n) is 9.22. The molecule has 0 radical (unpaired) electrons. The molecule has 2 heterocycles. The van der Waals surface area contributed by atoms with E-state index in [0.29, 0.717) is 35.7 Å². The Bertz CT molecular complexity index is 1050. The third-order valence-electron chi connectivity index (χ3n) is 4.43. The molecule has 0 saturated heterocycles. The Hall–Kier alpha value is -3.27. The summed E-state index contributed by atoms with van der Waals surface area (Å²) >= 11 is 0. The second-order valence-corrected chi connectivity index (χ2v) is 6.67. The van der Waals surface area contributed by atoms with Crippen LogP contribution in [0, 0.1) is 0 Å². The van der Waals surface area contributed by atoms with Gasteiger partial charge in [-0.25, -0.2) is 0 Å². The normalized spacial score (nSPS) is 15.9. The van der Waals surface area contributed by atoms with Crippen LogP contribution in [0.2, 0.25) is 0 Å². The third-order valence-corrected chi connectivity index (χ3v) is 4.43. The maximum absolute atomic E-state index is 12.1. The van der Waals surface area contributed by atoms with Gasteiger partial charge in [0.05, 0.1) is 18.7 Å². The monoisotopic (exact) mass is 421 g/mol. The number of carbonyl (C=O) groups excluding carboxylic acids is 1. The number of aromatic nitrogens is 2. The van der Waals surface area contributed by atoms with Crippen LogP contribution in [-0.4, -0.2) is 47.9 Å². The molecule has 1 N–H and O–H groups in total. The number of carbonyl (C=O) groups is 1. The lowest BCUT2D eigenvalue weighted by molar-refractivity contribution is -0.323. The summed E-state index contributed by atoms with van der Waals surface area (Å²) in [5, 5.41) is 7.59. The van der Waals surface area contributed by atoms with E-state index in [0.717, 1.165) is 5.39 Å². The summed E-state index contributed by atoms with van der Waals surface area (Å²) in [5.74, 6) is 0.894. The quantitative estimate of drug-likeness (QED) is 0.619. The number of ether oxygens (including phenoxy) is 3. The summed E-state index contributed by atoms with van der Waals surface area (Å²) in [5.41, 5.74) is 1.00. The Kier molecular flexibility index (Phi) is 5.49. The number of halogens is 3. The molecule has 0 spiro atoms. The van der Waals surface area contributed by atoms with Crippen molar-refractivity contribution in [2.75, 3.05) is 19.8 Å². The maximum atomic E-state index is 12.1. The van der Waals surface area contributed by atoms with Gasteiger partial charge in [-0.2, -0.15) is 5.10 Å². The fourth-order valence-corrected chi connectivity index (χ4v) is 3.11. The summed E-state index contributed by atoms with van der Waals surface area (Å²) < 4.78 is 52.9. The van der Waals surface area contributed by atoms with Gasteiger partial charge in [0.2, 0.25) is 0 Å².